The minimum Gasteiger partial charge on any atom is -0.507 e. The van der Waals surface area contributed by atoms with Crippen molar-refractivity contribution in [2.45, 2.75) is 18.6 Å². The van der Waals surface area contributed by atoms with Gasteiger partial charge in [0.2, 0.25) is 0 Å². The third-order valence-electron chi connectivity index (χ3n) is 3.84. The third kappa shape index (κ3) is 3.81. The highest BCUT2D eigenvalue weighted by Gasteiger charge is 2.26. The molecule has 132 valence electrons. The second kappa shape index (κ2) is 7.32. The minimum absolute atomic E-state index is 0.0371. The van der Waals surface area contributed by atoms with Crippen LogP contribution in [-0.4, -0.2) is 28.2 Å². The van der Waals surface area contributed by atoms with Crippen LogP contribution in [-0.2, 0) is 0 Å². The molecule has 0 saturated heterocycles. The van der Waals surface area contributed by atoms with E-state index < -0.39 is 5.63 Å². The molecule has 1 atom stereocenters. The molecule has 0 bridgehead atoms. The van der Waals surface area contributed by atoms with Gasteiger partial charge < -0.3 is 14.6 Å². The van der Waals surface area contributed by atoms with Crippen LogP contribution in [0.1, 0.15) is 28.6 Å². The first kappa shape index (κ1) is 18.2. The molecule has 0 fully saturated rings. The van der Waals surface area contributed by atoms with Crippen molar-refractivity contribution in [2.24, 2.45) is 4.99 Å². The van der Waals surface area contributed by atoms with Crippen molar-refractivity contribution in [2.75, 3.05) is 12.3 Å². The number of hydrogen-bond acceptors (Lipinski definition) is 6. The average Bonchev–Trinajstić information content (AvgIpc) is 2.76. The van der Waals surface area contributed by atoms with Gasteiger partial charge in [0.25, 0.3) is 0 Å². The van der Waals surface area contributed by atoms with Gasteiger partial charge >= 0.3 is 5.63 Å². The summed E-state index contributed by atoms with van der Waals surface area (Å²) in [4.78, 5) is 16.6. The minimum atomic E-state index is -0.629. The number of aryl methyl sites for hydroxylation is 1. The van der Waals surface area contributed by atoms with Crippen LogP contribution in [0.25, 0.3) is 0 Å². The van der Waals surface area contributed by atoms with Crippen molar-refractivity contribution >= 4 is 40.7 Å². The molecule has 5 nitrogen and oxygen atoms in total. The molecule has 0 amide bonds. The van der Waals surface area contributed by atoms with Crippen molar-refractivity contribution in [1.82, 2.24) is 0 Å². The van der Waals surface area contributed by atoms with Crippen LogP contribution in [0.4, 0.5) is 0 Å². The first-order chi connectivity index (χ1) is 11.9. The zero-order valence-corrected chi connectivity index (χ0v) is 15.6. The summed E-state index contributed by atoms with van der Waals surface area (Å²) in [6.45, 7) is 2.07. The molecule has 8 heteroatoms. The van der Waals surface area contributed by atoms with Gasteiger partial charge in [-0.25, -0.2) is 4.79 Å². The average molecular weight is 400 g/mol. The SMILES string of the molecule is Cc1cc(O)c(C2=NCCS[C@H](c3cc(Cl)cc(Cl)c3O)C2)c(=O)o1. The Morgan fingerprint density at radius 2 is 2.04 bits per heavy atom. The van der Waals surface area contributed by atoms with E-state index in [9.17, 15) is 15.0 Å². The van der Waals surface area contributed by atoms with Crippen molar-refractivity contribution in [3.8, 4) is 11.5 Å². The number of aromatic hydroxyl groups is 2. The number of phenolic OH excluding ortho intramolecular Hbond substituents is 1. The van der Waals surface area contributed by atoms with E-state index in [1.165, 1.54) is 12.1 Å². The first-order valence-corrected chi connectivity index (χ1v) is 9.34. The molecule has 1 aromatic heterocycles. The number of nitrogens with zero attached hydrogens (tertiary/aromatic N) is 1. The first-order valence-electron chi connectivity index (χ1n) is 7.53. The Bertz CT molecular complexity index is 910. The van der Waals surface area contributed by atoms with E-state index in [0.717, 1.165) is 0 Å². The Kier molecular flexibility index (Phi) is 5.32. The Morgan fingerprint density at radius 3 is 2.76 bits per heavy atom. The highest BCUT2D eigenvalue weighted by Crippen LogP contribution is 2.43. The van der Waals surface area contributed by atoms with Gasteiger partial charge in [-0.3, -0.25) is 4.99 Å². The fourth-order valence-corrected chi connectivity index (χ4v) is 4.37. The van der Waals surface area contributed by atoms with Crippen LogP contribution in [0.2, 0.25) is 10.0 Å². The molecule has 1 aromatic carbocycles. The Morgan fingerprint density at radius 1 is 1.28 bits per heavy atom. The smallest absolute Gasteiger partial charge is 0.348 e. The molecule has 2 heterocycles. The van der Waals surface area contributed by atoms with Gasteiger partial charge in [-0.1, -0.05) is 23.2 Å². The van der Waals surface area contributed by atoms with Crippen LogP contribution in [0.3, 0.4) is 0 Å². The molecule has 2 aromatic rings. The lowest BCUT2D eigenvalue weighted by molar-refractivity contribution is 0.432. The van der Waals surface area contributed by atoms with E-state index in [2.05, 4.69) is 4.99 Å². The van der Waals surface area contributed by atoms with Gasteiger partial charge in [-0.05, 0) is 19.1 Å². The summed E-state index contributed by atoms with van der Waals surface area (Å²) < 4.78 is 5.09. The number of benzene rings is 1. The van der Waals surface area contributed by atoms with Crippen LogP contribution in [0, 0.1) is 6.92 Å². The van der Waals surface area contributed by atoms with E-state index in [1.54, 1.807) is 24.8 Å². The summed E-state index contributed by atoms with van der Waals surface area (Å²) in [5, 5.41) is 20.8. The summed E-state index contributed by atoms with van der Waals surface area (Å²) >= 11 is 13.7. The molecule has 3 rings (SSSR count). The zero-order valence-electron chi connectivity index (χ0n) is 13.3. The van der Waals surface area contributed by atoms with Gasteiger partial charge in [0, 0.05) is 40.6 Å². The van der Waals surface area contributed by atoms with Crippen LogP contribution >= 0.6 is 35.0 Å². The van der Waals surface area contributed by atoms with Crippen molar-refractivity contribution in [1.29, 1.82) is 0 Å². The van der Waals surface area contributed by atoms with Gasteiger partial charge in [0.15, 0.2) is 0 Å². The highest BCUT2D eigenvalue weighted by atomic mass is 35.5. The number of thioether (sulfide) groups is 1. The lowest BCUT2D eigenvalue weighted by Crippen LogP contribution is -2.17. The van der Waals surface area contributed by atoms with Gasteiger partial charge in [-0.15, -0.1) is 0 Å². The van der Waals surface area contributed by atoms with Crippen molar-refractivity contribution in [3.63, 3.8) is 0 Å². The molecular formula is C17H15Cl2NO4S. The molecule has 1 aliphatic rings. The summed E-state index contributed by atoms with van der Waals surface area (Å²) in [6, 6.07) is 4.51. The lowest BCUT2D eigenvalue weighted by atomic mass is 10.0. The maximum absolute atomic E-state index is 12.2. The quantitative estimate of drug-likeness (QED) is 0.784. The maximum atomic E-state index is 12.2. The largest absolute Gasteiger partial charge is 0.507 e. The fourth-order valence-electron chi connectivity index (χ4n) is 2.75. The Balaban J connectivity index is 2.03. The van der Waals surface area contributed by atoms with Gasteiger partial charge in [0.05, 0.1) is 10.7 Å². The molecule has 0 unspecified atom stereocenters. The number of rotatable bonds is 2. The maximum Gasteiger partial charge on any atom is 0.348 e. The lowest BCUT2D eigenvalue weighted by Gasteiger charge is -2.18. The summed E-state index contributed by atoms with van der Waals surface area (Å²) in [5.74, 6) is 0.817. The molecule has 0 radical (unpaired) electrons. The van der Waals surface area contributed by atoms with Crippen LogP contribution in [0.5, 0.6) is 11.5 Å². The highest BCUT2D eigenvalue weighted by molar-refractivity contribution is 7.99. The van der Waals surface area contributed by atoms with Crippen molar-refractivity contribution in [3.05, 3.63) is 55.6 Å². The molecule has 25 heavy (non-hydrogen) atoms. The summed E-state index contributed by atoms with van der Waals surface area (Å²) in [7, 11) is 0. The van der Waals surface area contributed by atoms with E-state index in [1.807, 2.05) is 0 Å². The molecule has 0 spiro atoms. The summed E-state index contributed by atoms with van der Waals surface area (Å²) in [6.07, 6.45) is 0.330. The van der Waals surface area contributed by atoms with E-state index >= 15 is 0 Å². The third-order valence-corrected chi connectivity index (χ3v) is 5.59. The Hall–Kier alpha value is -1.63. The second-order valence-corrected chi connectivity index (χ2v) is 7.78. The van der Waals surface area contributed by atoms with Gasteiger partial charge in [-0.2, -0.15) is 11.8 Å². The van der Waals surface area contributed by atoms with Crippen LogP contribution in [0.15, 0.2) is 32.4 Å². The van der Waals surface area contributed by atoms with Gasteiger partial charge in [0.1, 0.15) is 22.8 Å². The zero-order chi connectivity index (χ0) is 18.1. The van der Waals surface area contributed by atoms with E-state index in [0.29, 0.717) is 40.8 Å². The topological polar surface area (TPSA) is 83.0 Å². The molecule has 2 N–H and O–H groups in total. The number of halogens is 2. The molecular weight excluding hydrogens is 385 g/mol. The number of aliphatic imine (C=N–C) groups is 1. The predicted octanol–water partition coefficient (Wildman–Crippen LogP) is 4.33. The number of hydrogen-bond donors (Lipinski definition) is 2. The van der Waals surface area contributed by atoms with E-state index in [4.69, 9.17) is 27.6 Å². The van der Waals surface area contributed by atoms with E-state index in [-0.39, 0.29) is 27.3 Å². The molecule has 0 aliphatic carbocycles. The monoisotopic (exact) mass is 399 g/mol. The standard InChI is InChI=1S/C17H15Cl2NO4S/c1-8-4-13(21)15(17(23)24-8)12-7-14(25-3-2-20-12)10-5-9(18)6-11(19)16(10)22/h4-6,14,21-22H,2-3,7H2,1H3/t14-/m0/s1. The summed E-state index contributed by atoms with van der Waals surface area (Å²) in [5.41, 5.74) is 0.450. The second-order valence-electron chi connectivity index (χ2n) is 5.62. The normalized spacial score (nSPS) is 17.9. The Labute approximate surface area is 158 Å². The predicted molar refractivity (Wildman–Crippen MR) is 101 cm³/mol. The van der Waals surface area contributed by atoms with Crippen molar-refractivity contribution < 1.29 is 14.6 Å². The fraction of sp³-hybridized carbons (Fsp3) is 0.294. The molecule has 0 saturated carbocycles. The molecule has 1 aliphatic heterocycles. The van der Waals surface area contributed by atoms with Crippen LogP contribution < -0.4 is 5.63 Å². The number of phenols is 1.